The molecular formula is C119H122. The van der Waals surface area contributed by atoms with E-state index in [1.807, 2.05) is 147 Å². The van der Waals surface area contributed by atoms with Crippen molar-refractivity contribution in [3.63, 3.8) is 0 Å². The molecule has 0 unspecified atom stereocenters. The molecule has 0 aromatic heterocycles. The molecule has 0 saturated heterocycles. The lowest BCUT2D eigenvalue weighted by atomic mass is 9.76. The SMILES string of the molecule is C1=CC2=CC=CC3=CC=CC(=C1)C23.C1=Cc2cccc3cccc1c23.CC.CC.CC.CC.CC.CC.CC.CC.c1cc2ccc3cccc4ccc(c1)c2c34.c1ccc2c(c1)c1ccccc1c1ccccc21.c1ccc2c(c1)ccc1ccccc12.c1ccc2cc3ccccc3cc2c1.c1ccc2ccccc2c1.c1ccccc1. The Hall–Kier alpha value is -13.3. The summed E-state index contributed by atoms with van der Waals surface area (Å²) in [7, 11) is 0. The fourth-order valence-corrected chi connectivity index (χ4v) is 14.9. The number of benzene rings is 19. The van der Waals surface area contributed by atoms with Gasteiger partial charge in [0.1, 0.15) is 0 Å². The summed E-state index contributed by atoms with van der Waals surface area (Å²) in [6.45, 7) is 32.0. The zero-order valence-corrected chi connectivity index (χ0v) is 73.2. The molecule has 0 heterocycles. The van der Waals surface area contributed by atoms with Crippen LogP contribution in [0.5, 0.6) is 0 Å². The van der Waals surface area contributed by atoms with Gasteiger partial charge in [0.05, 0.1) is 0 Å². The highest BCUT2D eigenvalue weighted by atomic mass is 14.3. The molecule has 23 rings (SSSR count). The lowest BCUT2D eigenvalue weighted by Crippen LogP contribution is -2.13. The molecule has 0 saturated carbocycles. The lowest BCUT2D eigenvalue weighted by Gasteiger charge is -2.27. The van der Waals surface area contributed by atoms with Crippen LogP contribution in [0.15, 0.2) is 448 Å². The molecule has 19 aromatic rings. The van der Waals surface area contributed by atoms with Gasteiger partial charge in [0, 0.05) is 5.92 Å². The topological polar surface area (TPSA) is 0 Å². The van der Waals surface area contributed by atoms with Gasteiger partial charge in [-0.15, -0.1) is 0 Å². The van der Waals surface area contributed by atoms with Crippen LogP contribution < -0.4 is 0 Å². The van der Waals surface area contributed by atoms with Crippen molar-refractivity contribution < 1.29 is 0 Å². The molecule has 4 aliphatic rings. The highest BCUT2D eigenvalue weighted by Gasteiger charge is 2.24. The molecule has 119 heavy (non-hydrogen) atoms. The largest absolute Gasteiger partial charge is 0.0683 e. The minimum atomic E-state index is 0.514. The first-order valence-corrected chi connectivity index (χ1v) is 43.6. The third kappa shape index (κ3) is 23.3. The predicted molar refractivity (Wildman–Crippen MR) is 541 cm³/mol. The Balaban J connectivity index is 0.000000167. The number of allylic oxidation sites excluding steroid dienone is 12. The summed E-state index contributed by atoms with van der Waals surface area (Å²) in [6.07, 6.45) is 23.9. The van der Waals surface area contributed by atoms with Crippen LogP contribution in [-0.2, 0) is 0 Å². The van der Waals surface area contributed by atoms with Crippen LogP contribution >= 0.6 is 0 Å². The highest BCUT2D eigenvalue weighted by molar-refractivity contribution is 6.26. The Kier molecular flexibility index (Phi) is 38.6. The summed E-state index contributed by atoms with van der Waals surface area (Å²) >= 11 is 0. The average Bonchev–Trinajstić information content (AvgIpc) is 1.31. The molecule has 0 nitrogen and oxygen atoms in total. The summed E-state index contributed by atoms with van der Waals surface area (Å²) in [6, 6.07) is 132. The van der Waals surface area contributed by atoms with Gasteiger partial charge >= 0.3 is 0 Å². The summed E-state index contributed by atoms with van der Waals surface area (Å²) in [5, 5.41) is 32.1. The van der Waals surface area contributed by atoms with Crippen molar-refractivity contribution in [2.45, 2.75) is 111 Å². The number of rotatable bonds is 0. The Labute approximate surface area is 711 Å². The van der Waals surface area contributed by atoms with E-state index in [1.165, 1.54) is 157 Å². The molecule has 598 valence electrons. The summed E-state index contributed by atoms with van der Waals surface area (Å²) in [5.74, 6) is 0.514. The normalized spacial score (nSPS) is 11.3. The molecular weight excluding hydrogens is 1430 g/mol. The van der Waals surface area contributed by atoms with Gasteiger partial charge in [0.2, 0.25) is 0 Å². The van der Waals surface area contributed by atoms with Crippen LogP contribution in [0.25, 0.3) is 141 Å². The summed E-state index contributed by atoms with van der Waals surface area (Å²) < 4.78 is 0. The average molecular weight is 1550 g/mol. The third-order valence-corrected chi connectivity index (χ3v) is 19.8. The Morgan fingerprint density at radius 3 is 0.597 bits per heavy atom. The van der Waals surface area contributed by atoms with E-state index in [2.05, 4.69) is 407 Å². The van der Waals surface area contributed by atoms with E-state index < -0.39 is 0 Å². The molecule has 0 radical (unpaired) electrons. The van der Waals surface area contributed by atoms with E-state index >= 15 is 0 Å². The van der Waals surface area contributed by atoms with Crippen LogP contribution in [-0.4, -0.2) is 0 Å². The molecule has 0 amide bonds. The maximum atomic E-state index is 2.24. The zero-order chi connectivity index (χ0) is 84.9. The summed E-state index contributed by atoms with van der Waals surface area (Å²) in [5.41, 5.74) is 6.94. The van der Waals surface area contributed by atoms with Crippen LogP contribution in [0.2, 0.25) is 0 Å². The zero-order valence-electron chi connectivity index (χ0n) is 73.2. The van der Waals surface area contributed by atoms with Crippen LogP contribution in [0.1, 0.15) is 122 Å². The van der Waals surface area contributed by atoms with Gasteiger partial charge in [-0.05, 0) is 169 Å². The molecule has 0 heteroatoms. The second-order valence-electron chi connectivity index (χ2n) is 26.1. The Bertz CT molecular complexity index is 5760. The first-order chi connectivity index (χ1) is 59.1. The fraction of sp³-hybridized carbons (Fsp3) is 0.143. The van der Waals surface area contributed by atoms with Crippen LogP contribution in [0.3, 0.4) is 0 Å². The van der Waals surface area contributed by atoms with Crippen molar-refractivity contribution in [1.82, 2.24) is 0 Å². The monoisotopic (exact) mass is 1550 g/mol. The van der Waals surface area contributed by atoms with Crippen LogP contribution in [0, 0.1) is 5.92 Å². The first-order valence-electron chi connectivity index (χ1n) is 43.6. The fourth-order valence-electron chi connectivity index (χ4n) is 14.9. The molecule has 0 spiro atoms. The minimum absolute atomic E-state index is 0.514. The van der Waals surface area contributed by atoms with Crippen LogP contribution in [0.4, 0.5) is 0 Å². The van der Waals surface area contributed by atoms with Crippen molar-refractivity contribution in [3.8, 4) is 0 Å². The summed E-state index contributed by atoms with van der Waals surface area (Å²) in [4.78, 5) is 0. The molecule has 0 bridgehead atoms. The van der Waals surface area contributed by atoms with Gasteiger partial charge in [-0.1, -0.05) is 542 Å². The van der Waals surface area contributed by atoms with E-state index in [1.54, 1.807) is 0 Å². The third-order valence-electron chi connectivity index (χ3n) is 19.8. The standard InChI is InChI=1S/C18H12.C16H10.2C14H10.C13H10.C12H8.C10H8.C6H6.8C2H6/c1-2-8-14-13(7-1)15-9-3-4-11-17(15)18-12-6-5-10-16(14)18;1-3-11-7-9-13-5-2-6-14-10-8-12(4-1)15(11)16(13)14;1-3-7-13-11(5-1)9-10-12-6-2-4-8-14(12)13;1-2-6-12-10-14-8-4-3-7-13(14)9-11(12)5-1;1-4-10-6-2-8-12-9-3-7-11(5-1)13(10)12;1-3-9-4-2-6-11-8-7-10(5-1)12(9)11;1-2-6-10-8-4-3-7-9(10)5-1;1-2-4-6-5-3-1;8*1-2/h1-12H;1-10H;2*1-10H;1-9,13H;1-8H;1-8H;1-6H;8*1-2H3. The van der Waals surface area contributed by atoms with Crippen molar-refractivity contribution in [2.24, 2.45) is 5.92 Å². The second kappa shape index (κ2) is 50.3. The van der Waals surface area contributed by atoms with Gasteiger partial charge in [-0.3, -0.25) is 0 Å². The number of hydrogen-bond donors (Lipinski definition) is 0. The van der Waals surface area contributed by atoms with Gasteiger partial charge < -0.3 is 0 Å². The van der Waals surface area contributed by atoms with Gasteiger partial charge in [0.15, 0.2) is 0 Å². The van der Waals surface area contributed by atoms with Gasteiger partial charge in [-0.25, -0.2) is 0 Å². The van der Waals surface area contributed by atoms with E-state index in [4.69, 9.17) is 0 Å². The molecule has 19 aromatic carbocycles. The smallest absolute Gasteiger partial charge is 0.0339 e. The van der Waals surface area contributed by atoms with Crippen molar-refractivity contribution in [3.05, 3.63) is 459 Å². The number of fused-ring (bicyclic) bond motifs is 12. The quantitative estimate of drug-likeness (QED) is 0.105. The second-order valence-corrected chi connectivity index (χ2v) is 26.1. The Morgan fingerprint density at radius 2 is 0.336 bits per heavy atom. The molecule has 0 fully saturated rings. The lowest BCUT2D eigenvalue weighted by molar-refractivity contribution is 0.878. The molecule has 0 aliphatic heterocycles. The number of hydrogen-bond acceptors (Lipinski definition) is 0. The van der Waals surface area contributed by atoms with E-state index in [-0.39, 0.29) is 0 Å². The van der Waals surface area contributed by atoms with Crippen molar-refractivity contribution in [1.29, 1.82) is 0 Å². The van der Waals surface area contributed by atoms with E-state index in [0.29, 0.717) is 5.92 Å². The van der Waals surface area contributed by atoms with E-state index in [9.17, 15) is 0 Å². The van der Waals surface area contributed by atoms with Gasteiger partial charge in [-0.2, -0.15) is 0 Å². The highest BCUT2D eigenvalue weighted by Crippen LogP contribution is 2.40. The molecule has 4 aliphatic carbocycles. The first kappa shape index (κ1) is 91.3. The minimum Gasteiger partial charge on any atom is -0.0683 e. The van der Waals surface area contributed by atoms with Crippen molar-refractivity contribution >= 4 is 141 Å². The Morgan fingerprint density at radius 1 is 0.143 bits per heavy atom. The van der Waals surface area contributed by atoms with Gasteiger partial charge in [0.25, 0.3) is 0 Å². The van der Waals surface area contributed by atoms with Crippen molar-refractivity contribution in [2.75, 3.05) is 0 Å². The maximum absolute atomic E-state index is 2.24. The van der Waals surface area contributed by atoms with E-state index in [0.717, 1.165) is 0 Å². The maximum Gasteiger partial charge on any atom is 0.0339 e. The predicted octanol–water partition coefficient (Wildman–Crippen LogP) is 36.9. The molecule has 0 atom stereocenters. The molecule has 0 N–H and O–H groups in total.